The number of hydrogen-bond donors (Lipinski definition) is 1. The number of amides is 1. The molecule has 11 heteroatoms. The Bertz CT molecular complexity index is 1120. The highest BCUT2D eigenvalue weighted by molar-refractivity contribution is 6.36. The fraction of sp³-hybridized carbons (Fsp3) is 0.381. The Labute approximate surface area is 187 Å². The second-order valence-electron chi connectivity index (χ2n) is 7.18. The maximum absolute atomic E-state index is 13.8. The Morgan fingerprint density at radius 2 is 2.03 bits per heavy atom. The van der Waals surface area contributed by atoms with E-state index in [4.69, 9.17) is 21.1 Å². The van der Waals surface area contributed by atoms with Crippen LogP contribution in [0.15, 0.2) is 30.3 Å². The third kappa shape index (κ3) is 5.31. The zero-order valence-corrected chi connectivity index (χ0v) is 18.4. The van der Waals surface area contributed by atoms with Gasteiger partial charge in [0.1, 0.15) is 10.8 Å². The molecule has 2 heterocycles. The van der Waals surface area contributed by atoms with Crippen molar-refractivity contribution in [3.63, 3.8) is 0 Å². The third-order valence-corrected chi connectivity index (χ3v) is 4.81. The van der Waals surface area contributed by atoms with Crippen molar-refractivity contribution < 1.29 is 27.4 Å². The summed E-state index contributed by atoms with van der Waals surface area (Å²) in [5, 5.41) is 6.13. The topological polar surface area (TPSA) is 77.8 Å². The SMILES string of the molecule is COc1cccc(-c2cc(C(F)(F)F)n3nc(C(=O)NCCCOC(C)C)c(Cl)c3n2)c1. The van der Waals surface area contributed by atoms with Gasteiger partial charge in [0.05, 0.1) is 18.9 Å². The third-order valence-electron chi connectivity index (χ3n) is 4.46. The first-order chi connectivity index (χ1) is 15.1. The zero-order valence-electron chi connectivity index (χ0n) is 17.7. The van der Waals surface area contributed by atoms with Crippen molar-refractivity contribution in [2.24, 2.45) is 0 Å². The summed E-state index contributed by atoms with van der Waals surface area (Å²) in [6, 6.07) is 7.30. The first-order valence-electron chi connectivity index (χ1n) is 9.82. The smallest absolute Gasteiger partial charge is 0.433 e. The Balaban J connectivity index is 1.98. The van der Waals surface area contributed by atoms with Crippen molar-refractivity contribution in [1.82, 2.24) is 19.9 Å². The van der Waals surface area contributed by atoms with Crippen molar-refractivity contribution in [2.45, 2.75) is 32.5 Å². The van der Waals surface area contributed by atoms with Crippen molar-refractivity contribution in [3.05, 3.63) is 46.7 Å². The molecule has 2 aromatic heterocycles. The van der Waals surface area contributed by atoms with Crippen LogP contribution in [0.5, 0.6) is 5.75 Å². The van der Waals surface area contributed by atoms with Crippen LogP contribution in [-0.4, -0.2) is 46.9 Å². The number of nitrogens with one attached hydrogen (secondary N) is 1. The van der Waals surface area contributed by atoms with Crippen LogP contribution < -0.4 is 10.1 Å². The van der Waals surface area contributed by atoms with Gasteiger partial charge in [0.2, 0.25) is 0 Å². The van der Waals surface area contributed by atoms with Gasteiger partial charge in [0, 0.05) is 18.7 Å². The molecule has 1 aromatic carbocycles. The summed E-state index contributed by atoms with van der Waals surface area (Å²) in [7, 11) is 1.45. The average Bonchev–Trinajstić information content (AvgIpc) is 3.08. The van der Waals surface area contributed by atoms with Gasteiger partial charge in [-0.2, -0.15) is 18.3 Å². The molecule has 0 aliphatic rings. The van der Waals surface area contributed by atoms with Crippen LogP contribution in [-0.2, 0) is 10.9 Å². The van der Waals surface area contributed by atoms with Crippen LogP contribution in [0.4, 0.5) is 13.2 Å². The lowest BCUT2D eigenvalue weighted by Crippen LogP contribution is -2.26. The van der Waals surface area contributed by atoms with Crippen LogP contribution in [0.2, 0.25) is 5.02 Å². The average molecular weight is 471 g/mol. The summed E-state index contributed by atoms with van der Waals surface area (Å²) < 4.78 is 52.4. The number of fused-ring (bicyclic) bond motifs is 1. The maximum atomic E-state index is 13.8. The monoisotopic (exact) mass is 470 g/mol. The molecule has 3 rings (SSSR count). The minimum absolute atomic E-state index is 0.0170. The molecule has 0 saturated heterocycles. The minimum Gasteiger partial charge on any atom is -0.497 e. The lowest BCUT2D eigenvalue weighted by atomic mass is 10.1. The number of nitrogens with zero attached hydrogens (tertiary/aromatic N) is 3. The van der Waals surface area contributed by atoms with Crippen LogP contribution in [0.25, 0.3) is 16.9 Å². The number of halogens is 4. The zero-order chi connectivity index (χ0) is 23.5. The van der Waals surface area contributed by atoms with Crippen molar-refractivity contribution in [2.75, 3.05) is 20.3 Å². The van der Waals surface area contributed by atoms with E-state index in [0.29, 0.717) is 28.9 Å². The molecular weight excluding hydrogens is 449 g/mol. The number of hydrogen-bond acceptors (Lipinski definition) is 5. The number of aromatic nitrogens is 3. The molecular formula is C21H22ClF3N4O3. The maximum Gasteiger partial charge on any atom is 0.433 e. The highest BCUT2D eigenvalue weighted by Gasteiger charge is 2.36. The van der Waals surface area contributed by atoms with E-state index in [1.807, 2.05) is 13.8 Å². The lowest BCUT2D eigenvalue weighted by molar-refractivity contribution is -0.142. The van der Waals surface area contributed by atoms with Gasteiger partial charge < -0.3 is 14.8 Å². The van der Waals surface area contributed by atoms with E-state index in [9.17, 15) is 18.0 Å². The minimum atomic E-state index is -4.76. The predicted octanol–water partition coefficient (Wildman–Crippen LogP) is 4.62. The van der Waals surface area contributed by atoms with E-state index in [-0.39, 0.29) is 34.7 Å². The molecule has 1 N–H and O–H groups in total. The van der Waals surface area contributed by atoms with Gasteiger partial charge >= 0.3 is 6.18 Å². The van der Waals surface area contributed by atoms with E-state index in [1.165, 1.54) is 7.11 Å². The lowest BCUT2D eigenvalue weighted by Gasteiger charge is -2.11. The van der Waals surface area contributed by atoms with Gasteiger partial charge in [-0.15, -0.1) is 0 Å². The largest absolute Gasteiger partial charge is 0.497 e. The van der Waals surface area contributed by atoms with E-state index >= 15 is 0 Å². The second kappa shape index (κ2) is 9.74. The van der Waals surface area contributed by atoms with Crippen LogP contribution in [0.1, 0.15) is 36.5 Å². The second-order valence-corrected chi connectivity index (χ2v) is 7.56. The molecule has 3 aromatic rings. The van der Waals surface area contributed by atoms with Crippen molar-refractivity contribution >= 4 is 23.2 Å². The molecule has 7 nitrogen and oxygen atoms in total. The Hall–Kier alpha value is -2.85. The first kappa shape index (κ1) is 23.8. The molecule has 0 bridgehead atoms. The highest BCUT2D eigenvalue weighted by Crippen LogP contribution is 2.35. The van der Waals surface area contributed by atoms with Crippen molar-refractivity contribution in [1.29, 1.82) is 0 Å². The van der Waals surface area contributed by atoms with Gasteiger partial charge in [-0.1, -0.05) is 23.7 Å². The number of ether oxygens (including phenoxy) is 2. The van der Waals surface area contributed by atoms with Crippen LogP contribution in [0.3, 0.4) is 0 Å². The molecule has 32 heavy (non-hydrogen) atoms. The molecule has 0 saturated carbocycles. The number of benzene rings is 1. The number of alkyl halides is 3. The van der Waals surface area contributed by atoms with Crippen LogP contribution >= 0.6 is 11.6 Å². The fourth-order valence-corrected chi connectivity index (χ4v) is 3.19. The number of methoxy groups -OCH3 is 1. The molecule has 0 fully saturated rings. The van der Waals surface area contributed by atoms with E-state index in [1.54, 1.807) is 24.3 Å². The quantitative estimate of drug-likeness (QED) is 0.486. The van der Waals surface area contributed by atoms with E-state index in [0.717, 1.165) is 6.07 Å². The predicted molar refractivity (Wildman–Crippen MR) is 113 cm³/mol. The van der Waals surface area contributed by atoms with E-state index in [2.05, 4.69) is 15.4 Å². The van der Waals surface area contributed by atoms with Gasteiger partial charge in [0.15, 0.2) is 17.0 Å². The van der Waals surface area contributed by atoms with E-state index < -0.39 is 17.8 Å². The number of rotatable bonds is 8. The summed E-state index contributed by atoms with van der Waals surface area (Å²) >= 11 is 6.25. The highest BCUT2D eigenvalue weighted by atomic mass is 35.5. The summed E-state index contributed by atoms with van der Waals surface area (Å²) in [5.41, 5.74) is -1.30. The summed E-state index contributed by atoms with van der Waals surface area (Å²) in [5.74, 6) is -0.236. The van der Waals surface area contributed by atoms with Gasteiger partial charge in [0.25, 0.3) is 5.91 Å². The first-order valence-corrected chi connectivity index (χ1v) is 10.2. The fourth-order valence-electron chi connectivity index (χ4n) is 2.95. The summed E-state index contributed by atoms with van der Waals surface area (Å²) in [6.45, 7) is 4.46. The molecule has 0 spiro atoms. The Morgan fingerprint density at radius 3 is 2.69 bits per heavy atom. The van der Waals surface area contributed by atoms with Gasteiger partial charge in [-0.05, 0) is 38.5 Å². The molecule has 0 radical (unpaired) electrons. The van der Waals surface area contributed by atoms with Crippen LogP contribution in [0, 0.1) is 0 Å². The molecule has 0 aliphatic heterocycles. The summed E-state index contributed by atoms with van der Waals surface area (Å²) in [6.07, 6.45) is -4.17. The Kier molecular flexibility index (Phi) is 7.25. The molecule has 0 aliphatic carbocycles. The number of carbonyl (C=O) groups is 1. The molecule has 0 unspecified atom stereocenters. The normalized spacial score (nSPS) is 11.9. The summed E-state index contributed by atoms with van der Waals surface area (Å²) in [4.78, 5) is 16.7. The number of carbonyl (C=O) groups excluding carboxylic acids is 1. The standard InChI is InChI=1S/C21H22ClF3N4O3/c1-12(2)32-9-5-8-26-20(30)18-17(22)19-27-15(13-6-4-7-14(10-13)31-3)11-16(21(23,24)25)29(19)28-18/h4,6-7,10-12H,5,8-9H2,1-3H3,(H,26,30). The molecule has 0 atom stereocenters. The molecule has 172 valence electrons. The van der Waals surface area contributed by atoms with Crippen molar-refractivity contribution in [3.8, 4) is 17.0 Å². The van der Waals surface area contributed by atoms with Gasteiger partial charge in [-0.25, -0.2) is 9.50 Å². The van der Waals surface area contributed by atoms with Gasteiger partial charge in [-0.3, -0.25) is 4.79 Å². The molecule has 1 amide bonds. The Morgan fingerprint density at radius 1 is 1.28 bits per heavy atom.